The monoisotopic (exact) mass is 476 g/mol. The van der Waals surface area contributed by atoms with Crippen LogP contribution in [0.25, 0.3) is 0 Å². The third-order valence-corrected chi connectivity index (χ3v) is 5.43. The van der Waals surface area contributed by atoms with E-state index < -0.39 is 34.4 Å². The van der Waals surface area contributed by atoms with E-state index in [-0.39, 0.29) is 17.0 Å². The highest BCUT2D eigenvalue weighted by Gasteiger charge is 2.44. The van der Waals surface area contributed by atoms with Crippen LogP contribution in [0.1, 0.15) is 33.2 Å². The van der Waals surface area contributed by atoms with Crippen LogP contribution in [-0.4, -0.2) is 45.7 Å². The van der Waals surface area contributed by atoms with Gasteiger partial charge in [0.15, 0.2) is 11.5 Å². The van der Waals surface area contributed by atoms with Gasteiger partial charge in [0.2, 0.25) is 11.8 Å². The zero-order chi connectivity index (χ0) is 25.3. The molecule has 1 aliphatic rings. The average molecular weight is 476 g/mol. The zero-order valence-electron chi connectivity index (χ0n) is 19.0. The number of nitrogens with zero attached hydrogens (tertiary/aromatic N) is 3. The number of pyridine rings is 1. The number of carbonyl (C=O) groups excluding carboxylic acids is 3. The van der Waals surface area contributed by atoms with Gasteiger partial charge in [0.05, 0.1) is 29.5 Å². The van der Waals surface area contributed by atoms with Crippen molar-refractivity contribution in [2.24, 2.45) is 0 Å². The second-order valence-corrected chi connectivity index (χ2v) is 7.74. The molecule has 1 N–H and O–H groups in total. The molecule has 0 fully saturated rings. The van der Waals surface area contributed by atoms with Gasteiger partial charge in [-0.25, -0.2) is 4.98 Å². The molecule has 3 amide bonds. The van der Waals surface area contributed by atoms with Crippen molar-refractivity contribution >= 4 is 29.1 Å². The Balaban J connectivity index is 1.47. The topological polar surface area (TPSA) is 141 Å². The Morgan fingerprint density at radius 2 is 1.89 bits per heavy atom. The lowest BCUT2D eigenvalue weighted by Crippen LogP contribution is -2.45. The van der Waals surface area contributed by atoms with Crippen LogP contribution in [0.2, 0.25) is 0 Å². The maximum Gasteiger partial charge on any atom is 0.282 e. The van der Waals surface area contributed by atoms with Crippen LogP contribution < -0.4 is 14.8 Å². The number of benzene rings is 2. The molecule has 3 aromatic rings. The van der Waals surface area contributed by atoms with E-state index in [2.05, 4.69) is 10.3 Å². The van der Waals surface area contributed by atoms with Crippen LogP contribution >= 0.6 is 0 Å². The first-order valence-corrected chi connectivity index (χ1v) is 10.5. The normalized spacial score (nSPS) is 13.3. The molecule has 11 heteroatoms. The molecule has 4 rings (SSSR count). The molecule has 0 spiro atoms. The summed E-state index contributed by atoms with van der Waals surface area (Å²) < 4.78 is 11.0. The molecule has 2 aromatic carbocycles. The number of hydrogen-bond acceptors (Lipinski definition) is 8. The van der Waals surface area contributed by atoms with Crippen LogP contribution in [0.4, 0.5) is 11.4 Å². The predicted octanol–water partition coefficient (Wildman–Crippen LogP) is 3.72. The van der Waals surface area contributed by atoms with Crippen molar-refractivity contribution in [3.8, 4) is 17.4 Å². The molecule has 35 heavy (non-hydrogen) atoms. The molecule has 0 bridgehead atoms. The summed E-state index contributed by atoms with van der Waals surface area (Å²) in [6.07, 6.45) is 1.35. The van der Waals surface area contributed by atoms with Gasteiger partial charge < -0.3 is 14.8 Å². The van der Waals surface area contributed by atoms with Gasteiger partial charge in [0, 0.05) is 12.1 Å². The van der Waals surface area contributed by atoms with Crippen LogP contribution in [0.3, 0.4) is 0 Å². The molecule has 0 saturated heterocycles. The number of imide groups is 1. The smallest absolute Gasteiger partial charge is 0.282 e. The Morgan fingerprint density at radius 1 is 1.11 bits per heavy atom. The summed E-state index contributed by atoms with van der Waals surface area (Å²) in [6, 6.07) is 11.1. The summed E-state index contributed by atoms with van der Waals surface area (Å²) in [5.41, 5.74) is 0.381. The number of rotatable bonds is 7. The number of amides is 3. The lowest BCUT2D eigenvalue weighted by molar-refractivity contribution is -0.385. The van der Waals surface area contributed by atoms with E-state index in [4.69, 9.17) is 9.47 Å². The second kappa shape index (κ2) is 9.21. The van der Waals surface area contributed by atoms with Crippen LogP contribution in [-0.2, 0) is 4.79 Å². The highest BCUT2D eigenvalue weighted by Crippen LogP contribution is 2.33. The van der Waals surface area contributed by atoms with Crippen molar-refractivity contribution in [3.63, 3.8) is 0 Å². The number of ether oxygens (including phenoxy) is 2. The van der Waals surface area contributed by atoms with Gasteiger partial charge >= 0.3 is 0 Å². The van der Waals surface area contributed by atoms with E-state index in [1.165, 1.54) is 38.4 Å². The van der Waals surface area contributed by atoms with Gasteiger partial charge in [-0.15, -0.1) is 0 Å². The minimum Gasteiger partial charge on any atom is -0.493 e. The number of aromatic nitrogens is 1. The number of nitro groups is 1. The fraction of sp³-hybridized carbons (Fsp3) is 0.167. The van der Waals surface area contributed by atoms with Crippen molar-refractivity contribution in [1.29, 1.82) is 0 Å². The molecule has 2 heterocycles. The largest absolute Gasteiger partial charge is 0.493 e. The lowest BCUT2D eigenvalue weighted by atomic mass is 10.1. The fourth-order valence-electron chi connectivity index (χ4n) is 3.64. The lowest BCUT2D eigenvalue weighted by Gasteiger charge is -2.21. The maximum absolute atomic E-state index is 12.8. The highest BCUT2D eigenvalue weighted by molar-refractivity contribution is 6.24. The summed E-state index contributed by atoms with van der Waals surface area (Å²) >= 11 is 0. The number of fused-ring (bicyclic) bond motifs is 1. The van der Waals surface area contributed by atoms with Gasteiger partial charge in [-0.3, -0.25) is 29.4 Å². The molecular formula is C24H20N4O7. The first-order chi connectivity index (χ1) is 16.7. The third-order valence-electron chi connectivity index (χ3n) is 5.43. The highest BCUT2D eigenvalue weighted by atomic mass is 16.6. The molecule has 11 nitrogen and oxygen atoms in total. The van der Waals surface area contributed by atoms with E-state index in [1.807, 2.05) is 19.1 Å². The molecule has 1 atom stereocenters. The zero-order valence-corrected chi connectivity index (χ0v) is 19.0. The Hall–Kier alpha value is -4.80. The van der Waals surface area contributed by atoms with Crippen molar-refractivity contribution in [2.75, 3.05) is 12.4 Å². The predicted molar refractivity (Wildman–Crippen MR) is 124 cm³/mol. The molecule has 1 aromatic heterocycles. The Kier molecular flexibility index (Phi) is 6.15. The summed E-state index contributed by atoms with van der Waals surface area (Å²) in [6.45, 7) is 3.28. The van der Waals surface area contributed by atoms with Gasteiger partial charge in [0.1, 0.15) is 11.6 Å². The maximum atomic E-state index is 12.8. The first-order valence-electron chi connectivity index (χ1n) is 10.5. The second-order valence-electron chi connectivity index (χ2n) is 7.74. The Morgan fingerprint density at radius 3 is 2.54 bits per heavy atom. The molecule has 0 aliphatic carbocycles. The molecule has 1 unspecified atom stereocenters. The van der Waals surface area contributed by atoms with E-state index in [0.717, 1.165) is 11.6 Å². The molecule has 0 saturated carbocycles. The van der Waals surface area contributed by atoms with Crippen molar-refractivity contribution in [3.05, 3.63) is 81.5 Å². The average Bonchev–Trinajstić information content (AvgIpc) is 3.10. The van der Waals surface area contributed by atoms with Crippen molar-refractivity contribution < 1.29 is 28.8 Å². The summed E-state index contributed by atoms with van der Waals surface area (Å²) in [7, 11) is 1.53. The van der Waals surface area contributed by atoms with E-state index in [9.17, 15) is 24.5 Å². The Labute approximate surface area is 199 Å². The van der Waals surface area contributed by atoms with Gasteiger partial charge in [-0.1, -0.05) is 12.1 Å². The number of nitro benzene ring substituents is 1. The summed E-state index contributed by atoms with van der Waals surface area (Å²) in [5, 5.41) is 13.9. The first kappa shape index (κ1) is 23.4. The quantitative estimate of drug-likeness (QED) is 0.309. The minimum atomic E-state index is -1.23. The van der Waals surface area contributed by atoms with E-state index in [1.54, 1.807) is 12.1 Å². The molecule has 178 valence electrons. The van der Waals surface area contributed by atoms with Crippen LogP contribution in [0.15, 0.2) is 54.7 Å². The molecular weight excluding hydrogens is 456 g/mol. The van der Waals surface area contributed by atoms with Crippen LogP contribution in [0, 0.1) is 17.0 Å². The summed E-state index contributed by atoms with van der Waals surface area (Å²) in [4.78, 5) is 53.7. The van der Waals surface area contributed by atoms with E-state index >= 15 is 0 Å². The van der Waals surface area contributed by atoms with Gasteiger partial charge in [-0.05, 0) is 43.7 Å². The van der Waals surface area contributed by atoms with Crippen LogP contribution in [0.5, 0.6) is 17.4 Å². The SMILES string of the molecule is COc1cc(C)ccc1Oc1ccc(NC(=O)C(C)N2C(=O)c3cccc([N+](=O)[O-])c3C2=O)cn1. The number of nitrogens with one attached hydrogen (secondary N) is 1. The van der Waals surface area contributed by atoms with Crippen molar-refractivity contribution in [2.45, 2.75) is 19.9 Å². The number of methoxy groups -OCH3 is 1. The standard InChI is InChI=1S/C24H20N4O7/c1-13-7-9-18(19(11-13)34-3)35-20-10-8-15(12-25-20)26-22(29)14(2)27-23(30)16-5-4-6-17(28(32)33)21(16)24(27)31/h4-12,14H,1-3H3,(H,26,29). The molecule has 0 radical (unpaired) electrons. The van der Waals surface area contributed by atoms with Crippen molar-refractivity contribution in [1.82, 2.24) is 9.88 Å². The fourth-order valence-corrected chi connectivity index (χ4v) is 3.64. The third kappa shape index (κ3) is 4.38. The number of hydrogen-bond donors (Lipinski definition) is 1. The Bertz CT molecular complexity index is 1350. The minimum absolute atomic E-state index is 0.112. The molecule has 1 aliphatic heterocycles. The van der Waals surface area contributed by atoms with Gasteiger partial charge in [-0.2, -0.15) is 0 Å². The number of carbonyl (C=O) groups is 3. The number of anilines is 1. The van der Waals surface area contributed by atoms with Gasteiger partial charge in [0.25, 0.3) is 17.5 Å². The number of aryl methyl sites for hydroxylation is 1. The summed E-state index contributed by atoms with van der Waals surface area (Å²) in [5.74, 6) is -1.07. The van der Waals surface area contributed by atoms with E-state index in [0.29, 0.717) is 22.1 Å².